The zero-order chi connectivity index (χ0) is 10.1. The van der Waals surface area contributed by atoms with Crippen LogP contribution in [0.4, 0.5) is 5.69 Å². The average molecular weight is 199 g/mol. The van der Waals surface area contributed by atoms with Crippen LogP contribution in [-0.2, 0) is 0 Å². The zero-order valence-corrected chi connectivity index (χ0v) is 8.48. The fourth-order valence-corrected chi connectivity index (χ4v) is 2.04. The lowest BCUT2D eigenvalue weighted by Crippen LogP contribution is -2.26. The van der Waals surface area contributed by atoms with Gasteiger partial charge in [-0.2, -0.15) is 0 Å². The molecular weight excluding hydrogens is 186 g/mol. The number of nitrogens with one attached hydrogen (secondary N) is 1. The molecule has 1 aliphatic heterocycles. The molecule has 0 amide bonds. The van der Waals surface area contributed by atoms with Crippen LogP contribution in [0, 0.1) is 0 Å². The highest BCUT2D eigenvalue weighted by atomic mass is 15.1. The van der Waals surface area contributed by atoms with E-state index in [0.29, 0.717) is 0 Å². The van der Waals surface area contributed by atoms with Crippen molar-refractivity contribution in [2.75, 3.05) is 18.0 Å². The highest BCUT2D eigenvalue weighted by Crippen LogP contribution is 2.25. The Morgan fingerprint density at radius 3 is 3.20 bits per heavy atom. The largest absolute Gasteiger partial charge is 0.365 e. The molecule has 0 unspecified atom stereocenters. The predicted octanol–water partition coefficient (Wildman–Crippen LogP) is 2.33. The second kappa shape index (κ2) is 3.42. The molecule has 0 saturated heterocycles. The maximum atomic E-state index is 4.42. The van der Waals surface area contributed by atoms with E-state index in [2.05, 4.69) is 39.3 Å². The van der Waals surface area contributed by atoms with Crippen molar-refractivity contribution in [1.82, 2.24) is 9.97 Å². The Morgan fingerprint density at radius 1 is 1.33 bits per heavy atom. The molecule has 0 bridgehead atoms. The van der Waals surface area contributed by atoms with Crippen LogP contribution >= 0.6 is 0 Å². The number of pyridine rings is 1. The van der Waals surface area contributed by atoms with Gasteiger partial charge in [-0.3, -0.25) is 4.98 Å². The van der Waals surface area contributed by atoms with Gasteiger partial charge < -0.3 is 9.88 Å². The Labute approximate surface area is 88.4 Å². The van der Waals surface area contributed by atoms with Gasteiger partial charge in [-0.05, 0) is 18.6 Å². The van der Waals surface area contributed by atoms with E-state index in [4.69, 9.17) is 0 Å². The first kappa shape index (κ1) is 8.53. The average Bonchev–Trinajstić information content (AvgIpc) is 2.74. The van der Waals surface area contributed by atoms with Gasteiger partial charge in [-0.25, -0.2) is 0 Å². The summed E-state index contributed by atoms with van der Waals surface area (Å²) in [5, 5.41) is 0. The van der Waals surface area contributed by atoms with Crippen LogP contribution < -0.4 is 4.90 Å². The quantitative estimate of drug-likeness (QED) is 0.715. The molecule has 2 aromatic heterocycles. The number of anilines is 1. The van der Waals surface area contributed by atoms with Gasteiger partial charge in [0.25, 0.3) is 0 Å². The molecule has 3 rings (SSSR count). The van der Waals surface area contributed by atoms with Gasteiger partial charge in [0.15, 0.2) is 0 Å². The summed E-state index contributed by atoms with van der Waals surface area (Å²) in [7, 11) is 0. The monoisotopic (exact) mass is 199 g/mol. The van der Waals surface area contributed by atoms with E-state index in [1.807, 2.05) is 12.3 Å². The molecule has 1 aliphatic rings. The van der Waals surface area contributed by atoms with E-state index in [1.54, 1.807) is 0 Å². The molecule has 0 aromatic carbocycles. The molecule has 0 spiro atoms. The van der Waals surface area contributed by atoms with Crippen molar-refractivity contribution < 1.29 is 0 Å². The highest BCUT2D eigenvalue weighted by Gasteiger charge is 2.12. The van der Waals surface area contributed by atoms with E-state index in [1.165, 1.54) is 5.69 Å². The summed E-state index contributed by atoms with van der Waals surface area (Å²) < 4.78 is 0. The zero-order valence-electron chi connectivity index (χ0n) is 8.48. The Morgan fingerprint density at radius 2 is 2.33 bits per heavy atom. The van der Waals surface area contributed by atoms with E-state index < -0.39 is 0 Å². The number of aromatic amines is 1. The van der Waals surface area contributed by atoms with Crippen molar-refractivity contribution in [3.63, 3.8) is 0 Å². The number of rotatable bonds is 1. The third kappa shape index (κ3) is 1.40. The lowest BCUT2D eigenvalue weighted by molar-refractivity contribution is 0.823. The summed E-state index contributed by atoms with van der Waals surface area (Å²) in [6.07, 6.45) is 9.47. The fourth-order valence-electron chi connectivity index (χ4n) is 2.04. The van der Waals surface area contributed by atoms with Gasteiger partial charge >= 0.3 is 0 Å². The first-order valence-corrected chi connectivity index (χ1v) is 5.27. The molecule has 2 aromatic rings. The minimum atomic E-state index is 0.990. The molecule has 0 fully saturated rings. The molecule has 0 atom stereocenters. The molecule has 3 nitrogen and oxygen atoms in total. The van der Waals surface area contributed by atoms with Crippen molar-refractivity contribution in [1.29, 1.82) is 0 Å². The van der Waals surface area contributed by atoms with E-state index in [0.717, 1.165) is 30.5 Å². The minimum absolute atomic E-state index is 0.990. The summed E-state index contributed by atoms with van der Waals surface area (Å²) in [5.74, 6) is 0. The maximum Gasteiger partial charge on any atom is 0.111 e. The molecule has 76 valence electrons. The highest BCUT2D eigenvalue weighted by molar-refractivity contribution is 5.89. The third-order valence-electron chi connectivity index (χ3n) is 2.81. The number of fused-ring (bicyclic) bond motifs is 1. The summed E-state index contributed by atoms with van der Waals surface area (Å²) in [6.45, 7) is 2.07. The maximum absolute atomic E-state index is 4.42. The fraction of sp³-hybridized carbons (Fsp3) is 0.250. The molecule has 0 saturated carbocycles. The summed E-state index contributed by atoms with van der Waals surface area (Å²) >= 11 is 0. The van der Waals surface area contributed by atoms with E-state index in [9.17, 15) is 0 Å². The van der Waals surface area contributed by atoms with Crippen molar-refractivity contribution >= 4 is 16.7 Å². The van der Waals surface area contributed by atoms with Gasteiger partial charge in [-0.15, -0.1) is 0 Å². The number of H-pyrrole nitrogens is 1. The van der Waals surface area contributed by atoms with Gasteiger partial charge in [-0.1, -0.05) is 12.2 Å². The van der Waals surface area contributed by atoms with Gasteiger partial charge in [0.05, 0.1) is 11.2 Å². The molecule has 1 N–H and O–H groups in total. The standard InChI is InChI=1S/C12H13N3/c1-2-7-15(8-3-1)11-9-14-10-5-4-6-13-12(10)11/h1-2,4-6,9,14H,3,7-8H2. The predicted molar refractivity (Wildman–Crippen MR) is 62.1 cm³/mol. The van der Waals surface area contributed by atoms with Gasteiger partial charge in [0.1, 0.15) is 5.52 Å². The first-order valence-electron chi connectivity index (χ1n) is 5.27. The smallest absolute Gasteiger partial charge is 0.111 e. The summed E-state index contributed by atoms with van der Waals surface area (Å²) in [5.41, 5.74) is 3.41. The van der Waals surface area contributed by atoms with Crippen LogP contribution in [0.2, 0.25) is 0 Å². The molecular formula is C12H13N3. The topological polar surface area (TPSA) is 31.9 Å². The lowest BCUT2D eigenvalue weighted by Gasteiger charge is -2.24. The van der Waals surface area contributed by atoms with Crippen molar-refractivity contribution in [2.45, 2.75) is 6.42 Å². The molecule has 3 heterocycles. The summed E-state index contributed by atoms with van der Waals surface area (Å²) in [6, 6.07) is 4.02. The second-order valence-electron chi connectivity index (χ2n) is 3.78. The number of nitrogens with zero attached hydrogens (tertiary/aromatic N) is 2. The number of hydrogen-bond acceptors (Lipinski definition) is 2. The van der Waals surface area contributed by atoms with Gasteiger partial charge in [0.2, 0.25) is 0 Å². The van der Waals surface area contributed by atoms with Crippen molar-refractivity contribution in [2.24, 2.45) is 0 Å². The minimum Gasteiger partial charge on any atom is -0.365 e. The SMILES string of the molecule is C1=CCN(c2c[nH]c3cccnc23)CC1. The van der Waals surface area contributed by atoms with Crippen LogP contribution in [0.25, 0.3) is 11.0 Å². The Hall–Kier alpha value is -1.77. The molecule has 0 aliphatic carbocycles. The molecule has 15 heavy (non-hydrogen) atoms. The van der Waals surface area contributed by atoms with E-state index >= 15 is 0 Å². The Bertz CT molecular complexity index is 498. The second-order valence-corrected chi connectivity index (χ2v) is 3.78. The summed E-state index contributed by atoms with van der Waals surface area (Å²) in [4.78, 5) is 10.0. The van der Waals surface area contributed by atoms with Crippen LogP contribution in [0.3, 0.4) is 0 Å². The number of aromatic nitrogens is 2. The molecule has 0 radical (unpaired) electrons. The molecule has 3 heteroatoms. The first-order chi connectivity index (χ1) is 7.45. The lowest BCUT2D eigenvalue weighted by atomic mass is 10.2. The van der Waals surface area contributed by atoms with Crippen LogP contribution in [0.15, 0.2) is 36.7 Å². The Kier molecular flexibility index (Phi) is 1.95. The van der Waals surface area contributed by atoms with Crippen LogP contribution in [0.5, 0.6) is 0 Å². The normalized spacial score (nSPS) is 16.1. The van der Waals surface area contributed by atoms with Gasteiger partial charge in [0, 0.05) is 25.5 Å². The van der Waals surface area contributed by atoms with Crippen LogP contribution in [-0.4, -0.2) is 23.1 Å². The Balaban J connectivity index is 2.07. The third-order valence-corrected chi connectivity index (χ3v) is 2.81. The van der Waals surface area contributed by atoms with E-state index in [-0.39, 0.29) is 0 Å². The van der Waals surface area contributed by atoms with Crippen LogP contribution in [0.1, 0.15) is 6.42 Å². The van der Waals surface area contributed by atoms with Crippen molar-refractivity contribution in [3.8, 4) is 0 Å². The van der Waals surface area contributed by atoms with Crippen molar-refractivity contribution in [3.05, 3.63) is 36.7 Å². The number of hydrogen-bond donors (Lipinski definition) is 1.